The molecule has 0 spiro atoms. The molecule has 0 fully saturated rings. The predicted molar refractivity (Wildman–Crippen MR) is 48.1 cm³/mol. The van der Waals surface area contributed by atoms with E-state index >= 15 is 0 Å². The minimum absolute atomic E-state index is 0.202. The first-order chi connectivity index (χ1) is 5.56. The first-order valence-corrected chi connectivity index (χ1v) is 4.71. The third-order valence-electron chi connectivity index (χ3n) is 1.26. The first-order valence-electron chi connectivity index (χ1n) is 3.64. The second-order valence-corrected chi connectivity index (χ2v) is 3.14. The maximum absolute atomic E-state index is 10.1. The Hall–Kier alpha value is -0.460. The summed E-state index contributed by atoms with van der Waals surface area (Å²) >= 11 is -2.21. The molecule has 1 unspecified atom stereocenters. The van der Waals surface area contributed by atoms with Crippen molar-refractivity contribution in [2.75, 3.05) is 13.7 Å². The fraction of sp³-hybridized carbons (Fsp3) is 0.833. The summed E-state index contributed by atoms with van der Waals surface area (Å²) in [5.41, 5.74) is 0.969. The quantitative estimate of drug-likeness (QED) is 0.289. The second-order valence-electron chi connectivity index (χ2n) is 2.38. The molecule has 0 bridgehead atoms. The van der Waals surface area contributed by atoms with Gasteiger partial charge in [0.1, 0.15) is 0 Å². The average molecular weight is 192 g/mol. The molecule has 5 nitrogen and oxygen atoms in total. The molecule has 6 heteroatoms. The SMILES string of the molecule is CC/C(C)=N\N(C)CNS(=O)[O-]. The van der Waals surface area contributed by atoms with Gasteiger partial charge in [0.2, 0.25) is 0 Å². The molecule has 1 atom stereocenters. The van der Waals surface area contributed by atoms with Crippen molar-refractivity contribution in [3.63, 3.8) is 0 Å². The van der Waals surface area contributed by atoms with Gasteiger partial charge in [-0.3, -0.25) is 9.22 Å². The van der Waals surface area contributed by atoms with Crippen molar-refractivity contribution in [2.45, 2.75) is 20.3 Å². The van der Waals surface area contributed by atoms with E-state index in [-0.39, 0.29) is 6.67 Å². The zero-order chi connectivity index (χ0) is 9.56. The van der Waals surface area contributed by atoms with Crippen LogP contribution in [0.5, 0.6) is 0 Å². The van der Waals surface area contributed by atoms with Crippen molar-refractivity contribution in [3.8, 4) is 0 Å². The van der Waals surface area contributed by atoms with Crippen LogP contribution in [0.3, 0.4) is 0 Å². The van der Waals surface area contributed by atoms with Crippen LogP contribution >= 0.6 is 0 Å². The van der Waals surface area contributed by atoms with Crippen molar-refractivity contribution in [3.05, 3.63) is 0 Å². The molecule has 0 saturated heterocycles. The van der Waals surface area contributed by atoms with Gasteiger partial charge in [0, 0.05) is 24.0 Å². The summed E-state index contributed by atoms with van der Waals surface area (Å²) in [5, 5.41) is 5.62. The Balaban J connectivity index is 3.73. The molecule has 0 heterocycles. The normalized spacial score (nSPS) is 14.5. The second kappa shape index (κ2) is 6.10. The highest BCUT2D eigenvalue weighted by molar-refractivity contribution is 7.77. The molecular weight excluding hydrogens is 178 g/mol. The van der Waals surface area contributed by atoms with E-state index in [0.717, 1.165) is 12.1 Å². The Morgan fingerprint density at radius 2 is 2.33 bits per heavy atom. The number of nitrogens with one attached hydrogen (secondary N) is 1. The summed E-state index contributed by atoms with van der Waals surface area (Å²) in [7, 11) is 1.71. The molecule has 0 aliphatic heterocycles. The highest BCUT2D eigenvalue weighted by Gasteiger charge is 1.92. The molecule has 0 aromatic rings. The molecule has 0 amide bonds. The van der Waals surface area contributed by atoms with E-state index in [4.69, 9.17) is 0 Å². The van der Waals surface area contributed by atoms with Gasteiger partial charge >= 0.3 is 0 Å². The fourth-order valence-electron chi connectivity index (χ4n) is 0.544. The highest BCUT2D eigenvalue weighted by atomic mass is 32.2. The van der Waals surface area contributed by atoms with E-state index in [1.54, 1.807) is 7.05 Å². The van der Waals surface area contributed by atoms with Gasteiger partial charge in [-0.05, 0) is 13.3 Å². The van der Waals surface area contributed by atoms with Gasteiger partial charge in [-0.1, -0.05) is 6.92 Å². The number of nitrogens with zero attached hydrogens (tertiary/aromatic N) is 2. The van der Waals surface area contributed by atoms with Gasteiger partial charge in [0.05, 0.1) is 6.67 Å². The Bertz CT molecular complexity index is 184. The van der Waals surface area contributed by atoms with E-state index in [1.165, 1.54) is 5.01 Å². The number of hydrazone groups is 1. The van der Waals surface area contributed by atoms with Gasteiger partial charge in [0.25, 0.3) is 0 Å². The summed E-state index contributed by atoms with van der Waals surface area (Å²) in [6.07, 6.45) is 0.866. The highest BCUT2D eigenvalue weighted by Crippen LogP contribution is 1.88. The summed E-state index contributed by atoms with van der Waals surface area (Å²) < 4.78 is 22.4. The van der Waals surface area contributed by atoms with Crippen LogP contribution in [-0.2, 0) is 11.3 Å². The van der Waals surface area contributed by atoms with Crippen LogP contribution in [0.2, 0.25) is 0 Å². The van der Waals surface area contributed by atoms with Crippen molar-refractivity contribution < 1.29 is 8.76 Å². The third kappa shape index (κ3) is 6.26. The third-order valence-corrected chi connectivity index (χ3v) is 1.63. The van der Waals surface area contributed by atoms with Crippen LogP contribution in [0.4, 0.5) is 0 Å². The van der Waals surface area contributed by atoms with Gasteiger partial charge < -0.3 is 4.55 Å². The van der Waals surface area contributed by atoms with Gasteiger partial charge in [-0.2, -0.15) is 5.10 Å². The van der Waals surface area contributed by atoms with Crippen LogP contribution < -0.4 is 4.72 Å². The van der Waals surface area contributed by atoms with Gasteiger partial charge in [-0.15, -0.1) is 0 Å². The molecule has 0 aromatic carbocycles. The van der Waals surface area contributed by atoms with Crippen LogP contribution in [0.25, 0.3) is 0 Å². The van der Waals surface area contributed by atoms with Gasteiger partial charge in [-0.25, -0.2) is 4.72 Å². The van der Waals surface area contributed by atoms with Crippen molar-refractivity contribution in [1.82, 2.24) is 9.73 Å². The zero-order valence-electron chi connectivity index (χ0n) is 7.53. The number of hydrogen-bond donors (Lipinski definition) is 1. The van der Waals surface area contributed by atoms with E-state index < -0.39 is 11.3 Å². The lowest BCUT2D eigenvalue weighted by molar-refractivity contribution is 0.344. The Morgan fingerprint density at radius 3 is 2.75 bits per heavy atom. The van der Waals surface area contributed by atoms with E-state index in [1.807, 2.05) is 13.8 Å². The van der Waals surface area contributed by atoms with Crippen molar-refractivity contribution >= 4 is 17.0 Å². The minimum atomic E-state index is -2.21. The minimum Gasteiger partial charge on any atom is -0.760 e. The number of rotatable bonds is 5. The Morgan fingerprint density at radius 1 is 1.75 bits per heavy atom. The molecule has 1 N–H and O–H groups in total. The lowest BCUT2D eigenvalue weighted by Gasteiger charge is -2.15. The van der Waals surface area contributed by atoms with E-state index in [2.05, 4.69) is 9.82 Å². The summed E-state index contributed by atoms with van der Waals surface area (Å²) in [6.45, 7) is 4.09. The molecule has 0 aromatic heterocycles. The van der Waals surface area contributed by atoms with Crippen molar-refractivity contribution in [1.29, 1.82) is 0 Å². The fourth-order valence-corrected chi connectivity index (χ4v) is 0.836. The van der Waals surface area contributed by atoms with Crippen LogP contribution in [0.15, 0.2) is 5.10 Å². The van der Waals surface area contributed by atoms with Gasteiger partial charge in [0.15, 0.2) is 0 Å². The molecule has 72 valence electrons. The molecule has 0 radical (unpaired) electrons. The maximum atomic E-state index is 10.1. The van der Waals surface area contributed by atoms with Crippen LogP contribution in [0.1, 0.15) is 20.3 Å². The lowest BCUT2D eigenvalue weighted by Crippen LogP contribution is -2.29. The summed E-state index contributed by atoms with van der Waals surface area (Å²) in [5.74, 6) is 0. The smallest absolute Gasteiger partial charge is 0.0953 e. The molecule has 0 saturated carbocycles. The Kier molecular flexibility index (Phi) is 5.87. The largest absolute Gasteiger partial charge is 0.760 e. The molecule has 0 rings (SSSR count). The summed E-state index contributed by atoms with van der Waals surface area (Å²) in [4.78, 5) is 0. The van der Waals surface area contributed by atoms with E-state index in [0.29, 0.717) is 0 Å². The monoisotopic (exact) mass is 192 g/mol. The maximum Gasteiger partial charge on any atom is 0.0953 e. The van der Waals surface area contributed by atoms with E-state index in [9.17, 15) is 8.76 Å². The van der Waals surface area contributed by atoms with Crippen LogP contribution in [0, 0.1) is 0 Å². The standard InChI is InChI=1S/C6H15N3O2S/c1-4-6(2)8-9(3)5-7-12(10)11/h7H,4-5H2,1-3H3,(H,10,11)/p-1/b8-6-. The Labute approximate surface area is 75.3 Å². The van der Waals surface area contributed by atoms with Crippen LogP contribution in [-0.4, -0.2) is 33.2 Å². The zero-order valence-corrected chi connectivity index (χ0v) is 8.35. The predicted octanol–water partition coefficient (Wildman–Crippen LogP) is 0.0453. The topological polar surface area (TPSA) is 67.8 Å². The summed E-state index contributed by atoms with van der Waals surface area (Å²) in [6, 6.07) is 0. The first kappa shape index (κ1) is 11.5. The van der Waals surface area contributed by atoms with Crippen molar-refractivity contribution in [2.24, 2.45) is 5.10 Å². The molecule has 12 heavy (non-hydrogen) atoms. The molecule has 0 aliphatic carbocycles. The number of hydrogen-bond acceptors (Lipinski definition) is 4. The lowest BCUT2D eigenvalue weighted by atomic mass is 10.3. The molecule has 0 aliphatic rings. The molecular formula is C6H14N3O2S-. The average Bonchev–Trinajstić information content (AvgIpc) is 2.00.